The van der Waals surface area contributed by atoms with E-state index in [0.29, 0.717) is 17.9 Å². The highest BCUT2D eigenvalue weighted by molar-refractivity contribution is 5.94. The Balaban J connectivity index is 1.31. The van der Waals surface area contributed by atoms with Crippen molar-refractivity contribution < 1.29 is 14.1 Å². The summed E-state index contributed by atoms with van der Waals surface area (Å²) in [4.78, 5) is 31.1. The van der Waals surface area contributed by atoms with E-state index in [1.165, 1.54) is 12.8 Å². The molecule has 1 aromatic carbocycles. The molecular weight excluding hydrogens is 344 g/mol. The van der Waals surface area contributed by atoms with Crippen molar-refractivity contribution in [3.63, 3.8) is 0 Å². The van der Waals surface area contributed by atoms with E-state index in [2.05, 4.69) is 15.5 Å². The molecule has 7 heteroatoms. The van der Waals surface area contributed by atoms with Gasteiger partial charge in [0.1, 0.15) is 0 Å². The Morgan fingerprint density at radius 1 is 1.07 bits per heavy atom. The summed E-state index contributed by atoms with van der Waals surface area (Å²) < 4.78 is 4.74. The summed E-state index contributed by atoms with van der Waals surface area (Å²) in [6.07, 6.45) is 7.67. The van der Waals surface area contributed by atoms with Crippen molar-refractivity contribution in [2.45, 2.75) is 44.6 Å². The zero-order valence-corrected chi connectivity index (χ0v) is 15.3. The fourth-order valence-electron chi connectivity index (χ4n) is 4.02. The van der Waals surface area contributed by atoms with Crippen LogP contribution in [-0.4, -0.2) is 46.0 Å². The SMILES string of the molecule is O=C(NC1CCN(C(=O)C2CCCCC2)C1)c1ccc(-c2ncon2)cc1. The Kier molecular flexibility index (Phi) is 5.18. The number of hydrogen-bond acceptors (Lipinski definition) is 5. The standard InChI is InChI=1S/C20H24N4O3/c25-19(15-8-6-14(7-9-15)18-21-13-27-23-18)22-17-10-11-24(12-17)20(26)16-4-2-1-3-5-16/h6-9,13,16-17H,1-5,10-12H2,(H,22,25). The van der Waals surface area contributed by atoms with Crippen LogP contribution in [0, 0.1) is 5.92 Å². The lowest BCUT2D eigenvalue weighted by atomic mass is 9.88. The molecule has 0 bridgehead atoms. The van der Waals surface area contributed by atoms with Gasteiger partial charge in [-0.25, -0.2) is 0 Å². The van der Waals surface area contributed by atoms with Gasteiger partial charge in [-0.15, -0.1) is 0 Å². The van der Waals surface area contributed by atoms with Crippen LogP contribution < -0.4 is 5.32 Å². The topological polar surface area (TPSA) is 88.3 Å². The van der Waals surface area contributed by atoms with Gasteiger partial charge in [-0.2, -0.15) is 4.98 Å². The van der Waals surface area contributed by atoms with E-state index in [0.717, 1.165) is 44.2 Å². The zero-order valence-electron chi connectivity index (χ0n) is 15.3. The third kappa shape index (κ3) is 4.02. The minimum atomic E-state index is -0.119. The number of rotatable bonds is 4. The number of carbonyl (C=O) groups excluding carboxylic acids is 2. The number of nitrogens with zero attached hydrogens (tertiary/aromatic N) is 3. The Hall–Kier alpha value is -2.70. The quantitative estimate of drug-likeness (QED) is 0.896. The molecule has 1 N–H and O–H groups in total. The maximum absolute atomic E-state index is 12.6. The van der Waals surface area contributed by atoms with Gasteiger partial charge in [0.05, 0.1) is 0 Å². The van der Waals surface area contributed by atoms with Crippen LogP contribution in [0.15, 0.2) is 35.2 Å². The molecule has 1 aliphatic carbocycles. The summed E-state index contributed by atoms with van der Waals surface area (Å²) in [5.74, 6) is 0.836. The van der Waals surface area contributed by atoms with Crippen molar-refractivity contribution in [3.8, 4) is 11.4 Å². The Morgan fingerprint density at radius 2 is 1.85 bits per heavy atom. The molecule has 27 heavy (non-hydrogen) atoms. The van der Waals surface area contributed by atoms with E-state index in [4.69, 9.17) is 4.52 Å². The Morgan fingerprint density at radius 3 is 2.56 bits per heavy atom. The maximum atomic E-state index is 12.6. The lowest BCUT2D eigenvalue weighted by molar-refractivity contribution is -0.135. The second-order valence-electron chi connectivity index (χ2n) is 7.41. The first-order valence-electron chi connectivity index (χ1n) is 9.67. The first-order chi connectivity index (χ1) is 13.2. The Labute approximate surface area is 158 Å². The first kappa shape index (κ1) is 17.7. The molecule has 2 aliphatic rings. The molecule has 1 saturated carbocycles. The summed E-state index contributed by atoms with van der Waals surface area (Å²) in [6.45, 7) is 1.35. The molecule has 0 radical (unpaired) electrons. The van der Waals surface area contributed by atoms with Gasteiger partial charge in [-0.3, -0.25) is 9.59 Å². The van der Waals surface area contributed by atoms with E-state index in [1.807, 2.05) is 4.90 Å². The highest BCUT2D eigenvalue weighted by atomic mass is 16.5. The van der Waals surface area contributed by atoms with E-state index in [1.54, 1.807) is 24.3 Å². The number of amides is 2. The molecule has 0 spiro atoms. The lowest BCUT2D eigenvalue weighted by Crippen LogP contribution is -2.40. The third-order valence-corrected chi connectivity index (χ3v) is 5.56. The molecule has 2 heterocycles. The number of aromatic nitrogens is 2. The maximum Gasteiger partial charge on any atom is 0.251 e. The van der Waals surface area contributed by atoms with Crippen LogP contribution in [0.3, 0.4) is 0 Å². The minimum absolute atomic E-state index is 0.0157. The van der Waals surface area contributed by atoms with E-state index >= 15 is 0 Å². The summed E-state index contributed by atoms with van der Waals surface area (Å²) in [6, 6.07) is 7.12. The van der Waals surface area contributed by atoms with E-state index in [9.17, 15) is 9.59 Å². The fraction of sp³-hybridized carbons (Fsp3) is 0.500. The second-order valence-corrected chi connectivity index (χ2v) is 7.41. The van der Waals surface area contributed by atoms with Gasteiger partial charge in [0, 0.05) is 36.2 Å². The highest BCUT2D eigenvalue weighted by Crippen LogP contribution is 2.27. The summed E-state index contributed by atoms with van der Waals surface area (Å²) >= 11 is 0. The fourth-order valence-corrected chi connectivity index (χ4v) is 4.02. The van der Waals surface area contributed by atoms with Gasteiger partial charge >= 0.3 is 0 Å². The van der Waals surface area contributed by atoms with Crippen LogP contribution >= 0.6 is 0 Å². The van der Waals surface area contributed by atoms with Gasteiger partial charge in [0.25, 0.3) is 5.91 Å². The largest absolute Gasteiger partial charge is 0.347 e. The van der Waals surface area contributed by atoms with E-state index < -0.39 is 0 Å². The molecule has 1 unspecified atom stereocenters. The van der Waals surface area contributed by atoms with Gasteiger partial charge < -0.3 is 14.7 Å². The molecule has 1 aromatic heterocycles. The normalized spacial score (nSPS) is 20.6. The van der Waals surface area contributed by atoms with Gasteiger partial charge in [-0.05, 0) is 31.4 Å². The van der Waals surface area contributed by atoms with Crippen molar-refractivity contribution in [2.24, 2.45) is 5.92 Å². The van der Waals surface area contributed by atoms with Crippen LogP contribution in [0.2, 0.25) is 0 Å². The summed E-state index contributed by atoms with van der Waals surface area (Å²) in [5.41, 5.74) is 1.38. The minimum Gasteiger partial charge on any atom is -0.347 e. The van der Waals surface area contributed by atoms with Crippen molar-refractivity contribution in [1.29, 1.82) is 0 Å². The molecule has 1 aliphatic heterocycles. The molecule has 1 saturated heterocycles. The predicted octanol–water partition coefficient (Wildman–Crippen LogP) is 2.65. The number of hydrogen-bond donors (Lipinski definition) is 1. The molecule has 2 fully saturated rings. The van der Waals surface area contributed by atoms with Gasteiger partial charge in [-0.1, -0.05) is 36.6 Å². The third-order valence-electron chi connectivity index (χ3n) is 5.56. The van der Waals surface area contributed by atoms with Crippen LogP contribution in [-0.2, 0) is 4.79 Å². The molecule has 7 nitrogen and oxygen atoms in total. The van der Waals surface area contributed by atoms with E-state index in [-0.39, 0.29) is 23.8 Å². The van der Waals surface area contributed by atoms with Crippen molar-refractivity contribution in [2.75, 3.05) is 13.1 Å². The van der Waals surface area contributed by atoms with Crippen molar-refractivity contribution >= 4 is 11.8 Å². The number of nitrogens with one attached hydrogen (secondary N) is 1. The summed E-state index contributed by atoms with van der Waals surface area (Å²) in [5, 5.41) is 6.84. The van der Waals surface area contributed by atoms with Crippen LogP contribution in [0.4, 0.5) is 0 Å². The predicted molar refractivity (Wildman–Crippen MR) is 98.8 cm³/mol. The molecule has 2 amide bonds. The zero-order chi connectivity index (χ0) is 18.6. The molecule has 4 rings (SSSR count). The molecule has 142 valence electrons. The van der Waals surface area contributed by atoms with Gasteiger partial charge in [0.15, 0.2) is 0 Å². The van der Waals surface area contributed by atoms with Crippen LogP contribution in [0.5, 0.6) is 0 Å². The smallest absolute Gasteiger partial charge is 0.251 e. The molecule has 2 aromatic rings. The van der Waals surface area contributed by atoms with Crippen LogP contribution in [0.1, 0.15) is 48.9 Å². The van der Waals surface area contributed by atoms with Gasteiger partial charge in [0.2, 0.25) is 18.1 Å². The first-order valence-corrected chi connectivity index (χ1v) is 9.67. The molecule has 1 atom stereocenters. The monoisotopic (exact) mass is 368 g/mol. The van der Waals surface area contributed by atoms with Crippen molar-refractivity contribution in [1.82, 2.24) is 20.4 Å². The lowest BCUT2D eigenvalue weighted by Gasteiger charge is -2.26. The second kappa shape index (κ2) is 7.90. The Bertz CT molecular complexity index is 782. The van der Waals surface area contributed by atoms with Crippen molar-refractivity contribution in [3.05, 3.63) is 36.2 Å². The summed E-state index contributed by atoms with van der Waals surface area (Å²) in [7, 11) is 0. The number of carbonyl (C=O) groups is 2. The number of benzene rings is 1. The molecular formula is C20H24N4O3. The number of likely N-dealkylation sites (tertiary alicyclic amines) is 1. The average molecular weight is 368 g/mol. The van der Waals surface area contributed by atoms with Crippen LogP contribution in [0.25, 0.3) is 11.4 Å². The highest BCUT2D eigenvalue weighted by Gasteiger charge is 2.32. The average Bonchev–Trinajstić information content (AvgIpc) is 3.40.